The highest BCUT2D eigenvalue weighted by atomic mass is 16.5. The molecule has 1 aromatic rings. The van der Waals surface area contributed by atoms with Crippen LogP contribution in [0.4, 0.5) is 0 Å². The van der Waals surface area contributed by atoms with Crippen molar-refractivity contribution < 1.29 is 19.0 Å². The third-order valence-corrected chi connectivity index (χ3v) is 3.49. The number of carbonyl (C=O) groups is 1. The van der Waals surface area contributed by atoms with E-state index in [4.69, 9.17) is 14.2 Å². The van der Waals surface area contributed by atoms with Crippen LogP contribution in [0.25, 0.3) is 0 Å². The first-order chi connectivity index (χ1) is 9.12. The number of hydrogen-bond acceptors (Lipinski definition) is 4. The van der Waals surface area contributed by atoms with Crippen LogP contribution in [0.1, 0.15) is 11.1 Å². The lowest BCUT2D eigenvalue weighted by molar-refractivity contribution is -0.128. The van der Waals surface area contributed by atoms with Crippen molar-refractivity contribution in [2.45, 2.75) is 12.8 Å². The molecule has 19 heavy (non-hydrogen) atoms. The number of likely N-dealkylation sites (N-methyl/N-ethyl adjacent to an activating group) is 1. The Labute approximate surface area is 113 Å². The normalized spacial score (nSPS) is 14.7. The van der Waals surface area contributed by atoms with E-state index in [1.165, 1.54) is 0 Å². The lowest BCUT2D eigenvalue weighted by atomic mass is 10.0. The molecule has 1 amide bonds. The predicted octanol–water partition coefficient (Wildman–Crippen LogP) is 1.27. The van der Waals surface area contributed by atoms with E-state index in [1.54, 1.807) is 26.2 Å². The molecule has 0 fully saturated rings. The van der Waals surface area contributed by atoms with Gasteiger partial charge in [-0.15, -0.1) is 0 Å². The van der Waals surface area contributed by atoms with Crippen molar-refractivity contribution in [2.24, 2.45) is 0 Å². The molecule has 0 saturated heterocycles. The molecule has 5 nitrogen and oxygen atoms in total. The van der Waals surface area contributed by atoms with Gasteiger partial charge in [0.1, 0.15) is 0 Å². The Balaban J connectivity index is 2.59. The highest BCUT2D eigenvalue weighted by molar-refractivity contribution is 5.80. The molecule has 1 aliphatic rings. The van der Waals surface area contributed by atoms with Crippen LogP contribution in [0.2, 0.25) is 0 Å². The van der Waals surface area contributed by atoms with Crippen LogP contribution in [0.3, 0.4) is 0 Å². The predicted molar refractivity (Wildman–Crippen MR) is 71.1 cm³/mol. The van der Waals surface area contributed by atoms with E-state index in [-0.39, 0.29) is 5.91 Å². The van der Waals surface area contributed by atoms with E-state index in [1.807, 2.05) is 13.1 Å². The van der Waals surface area contributed by atoms with Gasteiger partial charge in [0.05, 0.1) is 27.8 Å². The maximum Gasteiger partial charge on any atom is 0.226 e. The van der Waals surface area contributed by atoms with Gasteiger partial charge in [-0.05, 0) is 18.1 Å². The summed E-state index contributed by atoms with van der Waals surface area (Å²) in [6.45, 7) is 0.678. The number of carbonyl (C=O) groups excluding carboxylic acids is 1. The zero-order valence-electron chi connectivity index (χ0n) is 11.8. The lowest BCUT2D eigenvalue weighted by Crippen LogP contribution is -2.27. The molecule has 0 radical (unpaired) electrons. The number of nitrogens with zero attached hydrogens (tertiary/aromatic N) is 1. The first-order valence-corrected chi connectivity index (χ1v) is 6.17. The zero-order chi connectivity index (χ0) is 14.0. The van der Waals surface area contributed by atoms with Crippen molar-refractivity contribution in [3.8, 4) is 17.2 Å². The number of rotatable bonds is 3. The maximum atomic E-state index is 11.9. The fourth-order valence-corrected chi connectivity index (χ4v) is 2.40. The Morgan fingerprint density at radius 2 is 1.79 bits per heavy atom. The van der Waals surface area contributed by atoms with Gasteiger partial charge in [-0.2, -0.15) is 0 Å². The standard InChI is InChI=1S/C14H19NO4/c1-15-6-5-10-9(8-12(15)16)7-11(17-2)14(19-4)13(10)18-3/h7H,5-6,8H2,1-4H3. The first kappa shape index (κ1) is 13.5. The summed E-state index contributed by atoms with van der Waals surface area (Å²) in [4.78, 5) is 13.7. The minimum atomic E-state index is 0.105. The van der Waals surface area contributed by atoms with Gasteiger partial charge < -0.3 is 19.1 Å². The highest BCUT2D eigenvalue weighted by Gasteiger charge is 2.25. The largest absolute Gasteiger partial charge is 0.493 e. The molecule has 1 heterocycles. The summed E-state index contributed by atoms with van der Waals surface area (Å²) >= 11 is 0. The van der Waals surface area contributed by atoms with Crippen molar-refractivity contribution in [1.29, 1.82) is 0 Å². The van der Waals surface area contributed by atoms with Crippen molar-refractivity contribution in [2.75, 3.05) is 34.9 Å². The summed E-state index contributed by atoms with van der Waals surface area (Å²) in [6.07, 6.45) is 1.11. The summed E-state index contributed by atoms with van der Waals surface area (Å²) in [6, 6.07) is 1.87. The molecule has 0 aliphatic carbocycles. The fraction of sp³-hybridized carbons (Fsp3) is 0.500. The molecular formula is C14H19NO4. The Kier molecular flexibility index (Phi) is 3.83. The molecule has 0 N–H and O–H groups in total. The van der Waals surface area contributed by atoms with Crippen molar-refractivity contribution >= 4 is 5.91 Å². The van der Waals surface area contributed by atoms with Gasteiger partial charge in [0.15, 0.2) is 11.5 Å². The number of methoxy groups -OCH3 is 3. The van der Waals surface area contributed by atoms with E-state index in [9.17, 15) is 4.79 Å². The number of ether oxygens (including phenoxy) is 3. The smallest absolute Gasteiger partial charge is 0.226 e. The summed E-state index contributed by atoms with van der Waals surface area (Å²) < 4.78 is 16.2. The molecule has 0 bridgehead atoms. The van der Waals surface area contributed by atoms with Gasteiger partial charge in [0, 0.05) is 19.2 Å². The third-order valence-electron chi connectivity index (χ3n) is 3.49. The topological polar surface area (TPSA) is 48.0 Å². The quantitative estimate of drug-likeness (QED) is 0.825. The SMILES string of the molecule is COc1cc2c(c(OC)c1OC)CCN(C)C(=O)C2. The van der Waals surface area contributed by atoms with Gasteiger partial charge in [-0.3, -0.25) is 4.79 Å². The molecule has 2 rings (SSSR count). The minimum absolute atomic E-state index is 0.105. The van der Waals surface area contributed by atoms with E-state index in [0.29, 0.717) is 30.2 Å². The number of hydrogen-bond donors (Lipinski definition) is 0. The molecular weight excluding hydrogens is 246 g/mol. The molecule has 0 aromatic heterocycles. The van der Waals surface area contributed by atoms with Crippen LogP contribution in [-0.4, -0.2) is 45.7 Å². The van der Waals surface area contributed by atoms with E-state index < -0.39 is 0 Å². The van der Waals surface area contributed by atoms with E-state index in [2.05, 4.69) is 0 Å². The number of benzene rings is 1. The van der Waals surface area contributed by atoms with Crippen molar-refractivity contribution in [3.05, 3.63) is 17.2 Å². The molecule has 5 heteroatoms. The molecule has 104 valence electrons. The number of fused-ring (bicyclic) bond motifs is 1. The summed E-state index contributed by atoms with van der Waals surface area (Å²) in [5.41, 5.74) is 1.97. The Morgan fingerprint density at radius 3 is 2.37 bits per heavy atom. The lowest BCUT2D eigenvalue weighted by Gasteiger charge is -2.17. The van der Waals surface area contributed by atoms with Gasteiger partial charge in [0.25, 0.3) is 0 Å². The fourth-order valence-electron chi connectivity index (χ4n) is 2.40. The van der Waals surface area contributed by atoms with Crippen molar-refractivity contribution in [1.82, 2.24) is 4.90 Å². The van der Waals surface area contributed by atoms with Gasteiger partial charge in [0.2, 0.25) is 11.7 Å². The van der Waals surface area contributed by atoms with Crippen LogP contribution in [0.15, 0.2) is 6.07 Å². The Hall–Kier alpha value is -1.91. The highest BCUT2D eigenvalue weighted by Crippen LogP contribution is 2.43. The molecule has 1 aliphatic heterocycles. The van der Waals surface area contributed by atoms with Crippen LogP contribution in [0, 0.1) is 0 Å². The second-order valence-electron chi connectivity index (χ2n) is 4.53. The van der Waals surface area contributed by atoms with Gasteiger partial charge in [-0.1, -0.05) is 0 Å². The summed E-state index contributed by atoms with van der Waals surface area (Å²) in [5.74, 6) is 1.95. The first-order valence-electron chi connectivity index (χ1n) is 6.17. The average Bonchev–Trinajstić information content (AvgIpc) is 2.56. The van der Waals surface area contributed by atoms with Gasteiger partial charge >= 0.3 is 0 Å². The van der Waals surface area contributed by atoms with Crippen LogP contribution in [-0.2, 0) is 17.6 Å². The summed E-state index contributed by atoms with van der Waals surface area (Å²) in [5, 5.41) is 0. The molecule has 0 spiro atoms. The maximum absolute atomic E-state index is 11.9. The minimum Gasteiger partial charge on any atom is -0.493 e. The van der Waals surface area contributed by atoms with Crippen LogP contribution < -0.4 is 14.2 Å². The van der Waals surface area contributed by atoms with E-state index in [0.717, 1.165) is 17.5 Å². The Bertz CT molecular complexity index is 499. The molecule has 0 unspecified atom stereocenters. The third kappa shape index (κ3) is 2.32. The summed E-state index contributed by atoms with van der Waals surface area (Å²) in [7, 11) is 6.58. The second-order valence-corrected chi connectivity index (χ2v) is 4.53. The second kappa shape index (κ2) is 5.38. The number of amides is 1. The van der Waals surface area contributed by atoms with E-state index >= 15 is 0 Å². The average molecular weight is 265 g/mol. The monoisotopic (exact) mass is 265 g/mol. The van der Waals surface area contributed by atoms with Crippen LogP contribution in [0.5, 0.6) is 17.2 Å². The Morgan fingerprint density at radius 1 is 1.11 bits per heavy atom. The van der Waals surface area contributed by atoms with Crippen LogP contribution >= 0.6 is 0 Å². The zero-order valence-corrected chi connectivity index (χ0v) is 11.8. The molecule has 0 atom stereocenters. The molecule has 1 aromatic carbocycles. The molecule has 0 saturated carbocycles. The van der Waals surface area contributed by atoms with Gasteiger partial charge in [-0.25, -0.2) is 0 Å². The van der Waals surface area contributed by atoms with Crippen molar-refractivity contribution in [3.63, 3.8) is 0 Å².